The maximum atomic E-state index is 3.74. The molecule has 1 nitrogen and oxygen atoms in total. The van der Waals surface area contributed by atoms with Crippen molar-refractivity contribution in [1.82, 2.24) is 5.32 Å². The van der Waals surface area contributed by atoms with Gasteiger partial charge >= 0.3 is 0 Å². The van der Waals surface area contributed by atoms with Crippen LogP contribution in [0, 0.1) is 5.92 Å². The van der Waals surface area contributed by atoms with E-state index < -0.39 is 0 Å². The molecule has 0 aliphatic carbocycles. The van der Waals surface area contributed by atoms with Crippen LogP contribution in [0.2, 0.25) is 0 Å². The zero-order valence-electron chi connectivity index (χ0n) is 11.1. The molecule has 2 heteroatoms. The van der Waals surface area contributed by atoms with Crippen LogP contribution >= 0.6 is 11.8 Å². The molecule has 1 aliphatic rings. The number of rotatable bonds is 4. The molecule has 1 saturated heterocycles. The van der Waals surface area contributed by atoms with Crippen molar-refractivity contribution in [3.63, 3.8) is 0 Å². The van der Waals surface area contributed by atoms with Crippen LogP contribution in [0.25, 0.3) is 0 Å². The zero-order valence-corrected chi connectivity index (χ0v) is 11.9. The van der Waals surface area contributed by atoms with E-state index in [-0.39, 0.29) is 0 Å². The minimum Gasteiger partial charge on any atom is -0.311 e. The quantitative estimate of drug-likeness (QED) is 0.816. The molecule has 0 aromatic heterocycles. The smallest absolute Gasteiger partial charge is 0.0245 e. The molecule has 0 radical (unpaired) electrons. The van der Waals surface area contributed by atoms with E-state index in [0.29, 0.717) is 11.5 Å². The van der Waals surface area contributed by atoms with E-state index in [4.69, 9.17) is 0 Å². The van der Waals surface area contributed by atoms with Crippen LogP contribution < -0.4 is 5.32 Å². The van der Waals surface area contributed by atoms with Crippen LogP contribution in [-0.2, 0) is 6.42 Å². The Morgan fingerprint density at radius 2 is 2.00 bits per heavy atom. The first-order valence-corrected chi connectivity index (χ1v) is 7.77. The van der Waals surface area contributed by atoms with Crippen molar-refractivity contribution < 1.29 is 0 Å². The van der Waals surface area contributed by atoms with E-state index in [0.717, 1.165) is 0 Å². The van der Waals surface area contributed by atoms with Crippen molar-refractivity contribution in [2.24, 2.45) is 5.92 Å². The van der Waals surface area contributed by atoms with Crippen LogP contribution in [0.1, 0.15) is 32.3 Å². The van der Waals surface area contributed by atoms with Crippen molar-refractivity contribution in [3.8, 4) is 0 Å². The normalized spacial score (nSPS) is 24.5. The van der Waals surface area contributed by atoms with Gasteiger partial charge in [-0.2, -0.15) is 0 Å². The number of hydrogen-bond acceptors (Lipinski definition) is 2. The summed E-state index contributed by atoms with van der Waals surface area (Å²) in [5.74, 6) is 0.699. The van der Waals surface area contributed by atoms with Crippen molar-refractivity contribution in [1.29, 1.82) is 0 Å². The van der Waals surface area contributed by atoms with Gasteiger partial charge < -0.3 is 5.32 Å². The van der Waals surface area contributed by atoms with Gasteiger partial charge in [0.1, 0.15) is 0 Å². The molecule has 94 valence electrons. The lowest BCUT2D eigenvalue weighted by molar-refractivity contribution is 0.269. The number of thioether (sulfide) groups is 1. The Labute approximate surface area is 109 Å². The molecular formula is C15H23NS. The highest BCUT2D eigenvalue weighted by atomic mass is 32.2. The summed E-state index contributed by atoms with van der Waals surface area (Å²) in [7, 11) is 0. The average Bonchev–Trinajstić information content (AvgIpc) is 2.80. The standard InChI is InChI=1S/C15H23NS/c1-12(2)15(9-4-10-16-15)11-13-5-7-14(17-3)8-6-13/h5-8,12,16H,4,9-11H2,1-3H3. The van der Waals surface area contributed by atoms with Gasteiger partial charge in [0.05, 0.1) is 0 Å². The van der Waals surface area contributed by atoms with Gasteiger partial charge in [-0.1, -0.05) is 26.0 Å². The van der Waals surface area contributed by atoms with E-state index in [1.54, 1.807) is 0 Å². The van der Waals surface area contributed by atoms with Crippen LogP contribution in [0.3, 0.4) is 0 Å². The molecule has 2 rings (SSSR count). The zero-order chi connectivity index (χ0) is 12.3. The second kappa shape index (κ2) is 5.45. The van der Waals surface area contributed by atoms with Crippen molar-refractivity contribution in [3.05, 3.63) is 29.8 Å². The predicted molar refractivity (Wildman–Crippen MR) is 76.7 cm³/mol. The molecule has 1 aliphatic heterocycles. The highest BCUT2D eigenvalue weighted by Crippen LogP contribution is 2.31. The molecule has 1 atom stereocenters. The van der Waals surface area contributed by atoms with Gasteiger partial charge in [-0.25, -0.2) is 0 Å². The lowest BCUT2D eigenvalue weighted by Crippen LogP contribution is -2.46. The SMILES string of the molecule is CSc1ccc(CC2(C(C)C)CCCN2)cc1. The topological polar surface area (TPSA) is 12.0 Å². The summed E-state index contributed by atoms with van der Waals surface area (Å²) in [6.45, 7) is 5.87. The highest BCUT2D eigenvalue weighted by molar-refractivity contribution is 7.98. The summed E-state index contributed by atoms with van der Waals surface area (Å²) in [5, 5.41) is 3.74. The molecule has 1 heterocycles. The van der Waals surface area contributed by atoms with E-state index >= 15 is 0 Å². The summed E-state index contributed by atoms with van der Waals surface area (Å²) < 4.78 is 0. The molecule has 1 unspecified atom stereocenters. The van der Waals surface area contributed by atoms with Crippen LogP contribution in [0.5, 0.6) is 0 Å². The van der Waals surface area contributed by atoms with Gasteiger partial charge in [-0.15, -0.1) is 11.8 Å². The first-order chi connectivity index (χ1) is 8.16. The van der Waals surface area contributed by atoms with Gasteiger partial charge in [-0.3, -0.25) is 0 Å². The van der Waals surface area contributed by atoms with E-state index in [2.05, 4.69) is 49.7 Å². The summed E-state index contributed by atoms with van der Waals surface area (Å²) >= 11 is 1.81. The third kappa shape index (κ3) is 2.86. The maximum absolute atomic E-state index is 3.74. The molecule has 17 heavy (non-hydrogen) atoms. The number of benzene rings is 1. The molecular weight excluding hydrogens is 226 g/mol. The Bertz CT molecular complexity index is 350. The molecule has 1 N–H and O–H groups in total. The molecule has 0 saturated carbocycles. The van der Waals surface area contributed by atoms with Crippen molar-refractivity contribution >= 4 is 11.8 Å². The van der Waals surface area contributed by atoms with Gasteiger partial charge in [-0.05, 0) is 55.7 Å². The minimum atomic E-state index is 0.334. The molecule has 1 fully saturated rings. The Morgan fingerprint density at radius 3 is 2.47 bits per heavy atom. The van der Waals surface area contributed by atoms with Crippen molar-refractivity contribution in [2.45, 2.75) is 43.5 Å². The van der Waals surface area contributed by atoms with E-state index in [1.807, 2.05) is 11.8 Å². The van der Waals surface area contributed by atoms with Gasteiger partial charge in [0.2, 0.25) is 0 Å². The fourth-order valence-electron chi connectivity index (χ4n) is 2.79. The lowest BCUT2D eigenvalue weighted by atomic mass is 9.80. The van der Waals surface area contributed by atoms with Crippen LogP contribution in [0.4, 0.5) is 0 Å². The van der Waals surface area contributed by atoms with E-state index in [1.165, 1.54) is 36.3 Å². The molecule has 1 aromatic rings. The molecule has 1 aromatic carbocycles. The summed E-state index contributed by atoms with van der Waals surface area (Å²) in [6.07, 6.45) is 5.93. The fourth-order valence-corrected chi connectivity index (χ4v) is 3.19. The number of nitrogens with one attached hydrogen (secondary N) is 1. The monoisotopic (exact) mass is 249 g/mol. The summed E-state index contributed by atoms with van der Waals surface area (Å²) in [4.78, 5) is 1.35. The third-order valence-corrected chi connectivity index (χ3v) is 4.80. The maximum Gasteiger partial charge on any atom is 0.0245 e. The van der Waals surface area contributed by atoms with Gasteiger partial charge in [0.25, 0.3) is 0 Å². The second-order valence-electron chi connectivity index (χ2n) is 5.37. The Balaban J connectivity index is 2.12. The third-order valence-electron chi connectivity index (χ3n) is 4.06. The lowest BCUT2D eigenvalue weighted by Gasteiger charge is -2.34. The number of hydrogen-bond donors (Lipinski definition) is 1. The Hall–Kier alpha value is -0.470. The first kappa shape index (κ1) is 13.0. The average molecular weight is 249 g/mol. The van der Waals surface area contributed by atoms with E-state index in [9.17, 15) is 0 Å². The fraction of sp³-hybridized carbons (Fsp3) is 0.600. The summed E-state index contributed by atoms with van der Waals surface area (Å²) in [5.41, 5.74) is 1.80. The first-order valence-electron chi connectivity index (χ1n) is 6.54. The van der Waals surface area contributed by atoms with Gasteiger partial charge in [0.15, 0.2) is 0 Å². The molecule has 0 amide bonds. The molecule has 0 bridgehead atoms. The summed E-state index contributed by atoms with van der Waals surface area (Å²) in [6, 6.07) is 9.05. The Kier molecular flexibility index (Phi) is 4.16. The van der Waals surface area contributed by atoms with Crippen LogP contribution in [-0.4, -0.2) is 18.3 Å². The Morgan fingerprint density at radius 1 is 1.29 bits per heavy atom. The van der Waals surface area contributed by atoms with Crippen LogP contribution in [0.15, 0.2) is 29.2 Å². The minimum absolute atomic E-state index is 0.334. The highest BCUT2D eigenvalue weighted by Gasteiger charge is 2.36. The second-order valence-corrected chi connectivity index (χ2v) is 6.25. The predicted octanol–water partition coefficient (Wildman–Crippen LogP) is 3.73. The molecule has 0 spiro atoms. The van der Waals surface area contributed by atoms with Gasteiger partial charge in [0, 0.05) is 10.4 Å². The largest absolute Gasteiger partial charge is 0.311 e. The van der Waals surface area contributed by atoms with Crippen molar-refractivity contribution in [2.75, 3.05) is 12.8 Å².